The minimum atomic E-state index is -0.633. The minimum Gasteiger partial charge on any atom is -0.467 e. The molecule has 0 atom stereocenters. The number of furan rings is 1. The van der Waals surface area contributed by atoms with Gasteiger partial charge in [-0.15, -0.1) is 10.2 Å². The van der Waals surface area contributed by atoms with Crippen LogP contribution in [0.3, 0.4) is 0 Å². The second-order valence-electron chi connectivity index (χ2n) is 7.89. The maximum absolute atomic E-state index is 14.6. The number of thioether (sulfide) groups is 1. The van der Waals surface area contributed by atoms with Crippen LogP contribution in [0, 0.1) is 5.82 Å². The Hall–Kier alpha value is -3.14. The van der Waals surface area contributed by atoms with Crippen molar-refractivity contribution < 1.29 is 18.4 Å². The van der Waals surface area contributed by atoms with E-state index < -0.39 is 5.82 Å². The first-order valence-electron chi connectivity index (χ1n) is 10.6. The predicted molar refractivity (Wildman–Crippen MR) is 118 cm³/mol. The third-order valence-electron chi connectivity index (χ3n) is 5.70. The summed E-state index contributed by atoms with van der Waals surface area (Å²) in [5, 5.41) is 11.9. The molecule has 1 saturated heterocycles. The summed E-state index contributed by atoms with van der Waals surface area (Å²) in [5.74, 6) is 0.439. The Balaban J connectivity index is 1.35. The molecular weight excluding hydrogens is 433 g/mol. The molecule has 8 nitrogen and oxygen atoms in total. The Morgan fingerprint density at radius 3 is 2.84 bits per heavy atom. The molecule has 0 spiro atoms. The summed E-state index contributed by atoms with van der Waals surface area (Å²) in [6.07, 6.45) is 4.65. The van der Waals surface area contributed by atoms with Crippen molar-refractivity contribution in [2.75, 3.05) is 29.1 Å². The highest BCUT2D eigenvalue weighted by atomic mass is 32.2. The molecular formula is C22H22FN5O3S. The largest absolute Gasteiger partial charge is 0.467 e. The second kappa shape index (κ2) is 8.78. The van der Waals surface area contributed by atoms with Crippen LogP contribution in [0.2, 0.25) is 0 Å². The van der Waals surface area contributed by atoms with Gasteiger partial charge in [-0.05, 0) is 49.1 Å². The molecule has 0 unspecified atom stereocenters. The van der Waals surface area contributed by atoms with E-state index in [-0.39, 0.29) is 23.0 Å². The van der Waals surface area contributed by atoms with Gasteiger partial charge in [0.05, 0.1) is 24.1 Å². The second-order valence-corrected chi connectivity index (χ2v) is 8.83. The highest BCUT2D eigenvalue weighted by Gasteiger charge is 2.24. The molecule has 2 aliphatic heterocycles. The number of fused-ring (bicyclic) bond motifs is 1. The minimum absolute atomic E-state index is 0.0261. The molecule has 10 heteroatoms. The third-order valence-corrected chi connectivity index (χ3v) is 6.67. The van der Waals surface area contributed by atoms with Gasteiger partial charge in [-0.3, -0.25) is 14.2 Å². The first-order valence-corrected chi connectivity index (χ1v) is 11.6. The number of ketones is 1. The van der Waals surface area contributed by atoms with Crippen LogP contribution in [0.15, 0.2) is 40.1 Å². The average Bonchev–Trinajstić information content (AvgIpc) is 3.54. The molecule has 2 aliphatic rings. The summed E-state index contributed by atoms with van der Waals surface area (Å²) in [7, 11) is 0. The van der Waals surface area contributed by atoms with Gasteiger partial charge in [0.15, 0.2) is 10.9 Å². The fourth-order valence-electron chi connectivity index (χ4n) is 4.06. The van der Waals surface area contributed by atoms with Crippen LogP contribution < -0.4 is 10.2 Å². The molecule has 1 N–H and O–H groups in total. The van der Waals surface area contributed by atoms with Crippen LogP contribution in [0.5, 0.6) is 0 Å². The Labute approximate surface area is 188 Å². The number of nitrogens with zero attached hydrogens (tertiary/aromatic N) is 4. The number of halogens is 1. The van der Waals surface area contributed by atoms with Crippen molar-refractivity contribution in [2.24, 2.45) is 0 Å². The van der Waals surface area contributed by atoms with E-state index in [4.69, 9.17) is 4.42 Å². The van der Waals surface area contributed by atoms with Gasteiger partial charge in [-0.2, -0.15) is 0 Å². The van der Waals surface area contributed by atoms with Crippen LogP contribution in [0.4, 0.5) is 16.0 Å². The Morgan fingerprint density at radius 2 is 2.06 bits per heavy atom. The van der Waals surface area contributed by atoms with Crippen molar-refractivity contribution in [3.05, 3.63) is 53.2 Å². The van der Waals surface area contributed by atoms with Crippen molar-refractivity contribution in [3.63, 3.8) is 0 Å². The zero-order valence-electron chi connectivity index (χ0n) is 17.3. The van der Waals surface area contributed by atoms with Gasteiger partial charge in [0.2, 0.25) is 11.9 Å². The fourth-order valence-corrected chi connectivity index (χ4v) is 4.88. The first kappa shape index (κ1) is 20.7. The van der Waals surface area contributed by atoms with Crippen molar-refractivity contribution in [3.8, 4) is 0 Å². The predicted octanol–water partition coefficient (Wildman–Crippen LogP) is 3.52. The summed E-state index contributed by atoms with van der Waals surface area (Å²) in [5.41, 5.74) is 1.25. The lowest BCUT2D eigenvalue weighted by Gasteiger charge is -2.18. The van der Waals surface area contributed by atoms with Crippen LogP contribution in [0.1, 0.15) is 40.9 Å². The van der Waals surface area contributed by atoms with E-state index in [1.807, 2.05) is 16.7 Å². The van der Waals surface area contributed by atoms with E-state index in [0.29, 0.717) is 30.2 Å². The number of anilines is 2. The molecule has 1 amide bonds. The molecule has 0 bridgehead atoms. The number of hydrogen-bond acceptors (Lipinski definition) is 7. The maximum atomic E-state index is 14.6. The van der Waals surface area contributed by atoms with Crippen LogP contribution in [-0.4, -0.2) is 45.3 Å². The van der Waals surface area contributed by atoms with Crippen molar-refractivity contribution in [1.29, 1.82) is 0 Å². The van der Waals surface area contributed by atoms with Gasteiger partial charge >= 0.3 is 0 Å². The summed E-state index contributed by atoms with van der Waals surface area (Å²) >= 11 is 1.23. The SMILES string of the molecule is O=C1CCc2cc(C(=O)CSc3nnc(N4CCCC4)n3Cc3ccco3)c(F)cc2N1. The fraction of sp³-hybridized carbons (Fsp3) is 0.364. The molecule has 1 aromatic carbocycles. The summed E-state index contributed by atoms with van der Waals surface area (Å²) in [6, 6.07) is 6.49. The van der Waals surface area contributed by atoms with E-state index in [1.54, 1.807) is 12.3 Å². The normalized spacial score (nSPS) is 15.7. The smallest absolute Gasteiger partial charge is 0.228 e. The van der Waals surface area contributed by atoms with E-state index in [2.05, 4.69) is 20.4 Å². The number of rotatable bonds is 7. The van der Waals surface area contributed by atoms with Crippen molar-refractivity contribution in [1.82, 2.24) is 14.8 Å². The number of hydrogen-bond donors (Lipinski definition) is 1. The summed E-state index contributed by atoms with van der Waals surface area (Å²) in [6.45, 7) is 2.28. The van der Waals surface area contributed by atoms with Gasteiger partial charge < -0.3 is 14.6 Å². The molecule has 3 aromatic rings. The molecule has 0 saturated carbocycles. The number of nitrogens with one attached hydrogen (secondary N) is 1. The average molecular weight is 456 g/mol. The molecule has 4 heterocycles. The Bertz CT molecular complexity index is 1150. The van der Waals surface area contributed by atoms with Gasteiger partial charge in [0, 0.05) is 25.2 Å². The van der Waals surface area contributed by atoms with Gasteiger partial charge in [-0.1, -0.05) is 11.8 Å². The van der Waals surface area contributed by atoms with Gasteiger partial charge in [0.25, 0.3) is 0 Å². The van der Waals surface area contributed by atoms with Crippen molar-refractivity contribution >= 4 is 35.1 Å². The van der Waals surface area contributed by atoms with Crippen LogP contribution >= 0.6 is 11.8 Å². The number of carbonyl (C=O) groups is 2. The van der Waals surface area contributed by atoms with E-state index in [1.165, 1.54) is 17.8 Å². The topological polar surface area (TPSA) is 93.3 Å². The lowest BCUT2D eigenvalue weighted by molar-refractivity contribution is -0.116. The standard InChI is InChI=1S/C22H22FN5O3S/c23-17-11-18-14(5-6-20(30)24-18)10-16(17)19(29)13-32-22-26-25-21(27-7-1-2-8-27)28(22)12-15-4-3-9-31-15/h3-4,9-11H,1-2,5-8,12-13H2,(H,24,30). The van der Waals surface area contributed by atoms with Gasteiger partial charge in [0.1, 0.15) is 11.6 Å². The van der Waals surface area contributed by atoms with E-state index >= 15 is 0 Å². The number of Topliss-reactive ketones (excluding diaryl/α,β-unsaturated/α-hetero) is 1. The zero-order valence-corrected chi connectivity index (χ0v) is 18.2. The quantitative estimate of drug-likeness (QED) is 0.430. The molecule has 1 fully saturated rings. The number of aryl methyl sites for hydroxylation is 1. The molecule has 5 rings (SSSR count). The molecule has 0 radical (unpaired) electrons. The monoisotopic (exact) mass is 455 g/mol. The summed E-state index contributed by atoms with van der Waals surface area (Å²) in [4.78, 5) is 26.6. The number of amides is 1. The maximum Gasteiger partial charge on any atom is 0.228 e. The number of benzene rings is 1. The van der Waals surface area contributed by atoms with Crippen LogP contribution in [0.25, 0.3) is 0 Å². The number of aromatic nitrogens is 3. The highest BCUT2D eigenvalue weighted by molar-refractivity contribution is 7.99. The zero-order chi connectivity index (χ0) is 22.1. The van der Waals surface area contributed by atoms with Crippen LogP contribution in [-0.2, 0) is 17.8 Å². The number of carbonyl (C=O) groups excluding carboxylic acids is 2. The van der Waals surface area contributed by atoms with Crippen molar-refractivity contribution in [2.45, 2.75) is 37.4 Å². The van der Waals surface area contributed by atoms with E-state index in [0.717, 1.165) is 43.2 Å². The lowest BCUT2D eigenvalue weighted by Crippen LogP contribution is -2.22. The highest BCUT2D eigenvalue weighted by Crippen LogP contribution is 2.29. The molecule has 0 aliphatic carbocycles. The third kappa shape index (κ3) is 4.14. The molecule has 2 aromatic heterocycles. The first-order chi connectivity index (χ1) is 15.6. The molecule has 32 heavy (non-hydrogen) atoms. The van der Waals surface area contributed by atoms with Gasteiger partial charge in [-0.25, -0.2) is 4.39 Å². The Kier molecular flexibility index (Phi) is 5.69. The summed E-state index contributed by atoms with van der Waals surface area (Å²) < 4.78 is 22.0. The van der Waals surface area contributed by atoms with E-state index in [9.17, 15) is 14.0 Å². The molecule has 166 valence electrons. The lowest BCUT2D eigenvalue weighted by atomic mass is 9.98. The Morgan fingerprint density at radius 1 is 1.22 bits per heavy atom.